The van der Waals surface area contributed by atoms with Gasteiger partial charge in [0, 0.05) is 18.0 Å². The SMILES string of the molecule is CCCCN(CCCC)C(=O)N=C(NC(=O)NSc1ccccc1)OC. The molecule has 0 aromatic heterocycles. The van der Waals surface area contributed by atoms with E-state index >= 15 is 0 Å². The number of carbonyl (C=O) groups excluding carboxylic acids is 2. The minimum absolute atomic E-state index is 0.126. The minimum Gasteiger partial charge on any atom is -0.468 e. The van der Waals surface area contributed by atoms with E-state index in [4.69, 9.17) is 4.74 Å². The number of ether oxygens (including phenoxy) is 1. The Labute approximate surface area is 159 Å². The number of nitrogens with zero attached hydrogens (tertiary/aromatic N) is 2. The second-order valence-corrected chi connectivity index (χ2v) is 6.45. The van der Waals surface area contributed by atoms with Crippen molar-refractivity contribution in [2.75, 3.05) is 20.2 Å². The molecule has 0 saturated heterocycles. The molecule has 2 N–H and O–H groups in total. The monoisotopic (exact) mass is 380 g/mol. The number of rotatable bonds is 8. The molecule has 0 bridgehead atoms. The van der Waals surface area contributed by atoms with Crippen LogP contribution in [-0.4, -0.2) is 43.2 Å². The van der Waals surface area contributed by atoms with Crippen LogP contribution in [0.2, 0.25) is 0 Å². The number of carbonyl (C=O) groups is 2. The van der Waals surface area contributed by atoms with E-state index in [0.717, 1.165) is 42.5 Å². The van der Waals surface area contributed by atoms with Gasteiger partial charge in [-0.25, -0.2) is 9.59 Å². The fourth-order valence-corrected chi connectivity index (χ4v) is 2.55. The lowest BCUT2D eigenvalue weighted by Crippen LogP contribution is -2.39. The van der Waals surface area contributed by atoms with Crippen molar-refractivity contribution < 1.29 is 14.3 Å². The summed E-state index contributed by atoms with van der Waals surface area (Å²) in [7, 11) is 1.36. The topological polar surface area (TPSA) is 83.0 Å². The van der Waals surface area contributed by atoms with Crippen LogP contribution >= 0.6 is 11.9 Å². The summed E-state index contributed by atoms with van der Waals surface area (Å²) in [5.74, 6) is 0. The van der Waals surface area contributed by atoms with Crippen LogP contribution in [0.1, 0.15) is 39.5 Å². The number of nitrogens with one attached hydrogen (secondary N) is 2. The molecule has 1 rings (SSSR count). The molecule has 0 heterocycles. The lowest BCUT2D eigenvalue weighted by Gasteiger charge is -2.20. The van der Waals surface area contributed by atoms with Gasteiger partial charge in [0.25, 0.3) is 0 Å². The highest BCUT2D eigenvalue weighted by atomic mass is 32.2. The largest absolute Gasteiger partial charge is 0.468 e. The van der Waals surface area contributed by atoms with Crippen molar-refractivity contribution in [3.63, 3.8) is 0 Å². The van der Waals surface area contributed by atoms with Gasteiger partial charge in [-0.15, -0.1) is 4.99 Å². The number of unbranched alkanes of at least 4 members (excludes halogenated alkanes) is 2. The smallest absolute Gasteiger partial charge is 0.348 e. The first-order valence-corrected chi connectivity index (χ1v) is 9.62. The second kappa shape index (κ2) is 13.0. The predicted octanol–water partition coefficient (Wildman–Crippen LogP) is 4.02. The Morgan fingerprint density at radius 2 is 1.73 bits per heavy atom. The second-order valence-electron chi connectivity index (χ2n) is 5.57. The Balaban J connectivity index is 2.59. The van der Waals surface area contributed by atoms with Crippen molar-refractivity contribution in [1.82, 2.24) is 14.9 Å². The molecule has 1 aromatic rings. The minimum atomic E-state index is -0.513. The van der Waals surface area contributed by atoms with Crippen LogP contribution in [0.3, 0.4) is 0 Å². The van der Waals surface area contributed by atoms with Crippen LogP contribution in [0.25, 0.3) is 0 Å². The van der Waals surface area contributed by atoms with E-state index in [2.05, 4.69) is 28.9 Å². The van der Waals surface area contributed by atoms with Gasteiger partial charge in [0.2, 0.25) is 0 Å². The molecule has 1 aromatic carbocycles. The molecule has 0 aliphatic carbocycles. The normalized spacial score (nSPS) is 11.0. The average molecular weight is 381 g/mol. The summed E-state index contributed by atoms with van der Waals surface area (Å²) in [5, 5.41) is 2.44. The molecule has 0 fully saturated rings. The van der Waals surface area contributed by atoms with Gasteiger partial charge in [-0.2, -0.15) is 0 Å². The summed E-state index contributed by atoms with van der Waals surface area (Å²) in [6.07, 6.45) is 3.81. The zero-order valence-corrected chi connectivity index (χ0v) is 16.5. The van der Waals surface area contributed by atoms with Gasteiger partial charge < -0.3 is 9.64 Å². The van der Waals surface area contributed by atoms with Crippen molar-refractivity contribution in [3.05, 3.63) is 30.3 Å². The van der Waals surface area contributed by atoms with E-state index in [1.165, 1.54) is 7.11 Å². The van der Waals surface area contributed by atoms with Gasteiger partial charge in [0.05, 0.1) is 7.11 Å². The fraction of sp³-hybridized carbons (Fsp3) is 0.500. The molecule has 7 nitrogen and oxygen atoms in total. The van der Waals surface area contributed by atoms with Crippen molar-refractivity contribution in [1.29, 1.82) is 0 Å². The van der Waals surface area contributed by atoms with E-state index < -0.39 is 12.1 Å². The van der Waals surface area contributed by atoms with Crippen LogP contribution < -0.4 is 10.0 Å². The standard InChI is InChI=1S/C18H28N4O3S/c1-4-6-13-22(14-7-5-2)18(24)20-17(25-3)19-16(23)21-26-15-11-9-8-10-12-15/h8-12H,4-7,13-14H2,1-3H3,(H2,19,20,21,23,24). The van der Waals surface area contributed by atoms with E-state index in [1.54, 1.807) is 4.90 Å². The number of aliphatic imine (C=N–C) groups is 1. The van der Waals surface area contributed by atoms with Gasteiger partial charge >= 0.3 is 18.1 Å². The molecule has 26 heavy (non-hydrogen) atoms. The molecule has 4 amide bonds. The summed E-state index contributed by atoms with van der Waals surface area (Å²) >= 11 is 1.16. The Morgan fingerprint density at radius 3 is 2.27 bits per heavy atom. The number of hydrogen-bond acceptors (Lipinski definition) is 4. The first kappa shape index (κ1) is 21.8. The number of methoxy groups -OCH3 is 1. The highest BCUT2D eigenvalue weighted by molar-refractivity contribution is 7.98. The molecule has 0 saturated carbocycles. The van der Waals surface area contributed by atoms with Crippen molar-refractivity contribution in [2.45, 2.75) is 44.4 Å². The van der Waals surface area contributed by atoms with Gasteiger partial charge in [-0.1, -0.05) is 44.9 Å². The van der Waals surface area contributed by atoms with Crippen LogP contribution in [0.15, 0.2) is 40.2 Å². The van der Waals surface area contributed by atoms with Crippen LogP contribution in [-0.2, 0) is 4.74 Å². The number of amidine groups is 1. The van der Waals surface area contributed by atoms with E-state index in [0.29, 0.717) is 13.1 Å². The molecule has 0 aliphatic rings. The quantitative estimate of drug-likeness (QED) is 0.405. The maximum Gasteiger partial charge on any atom is 0.348 e. The Hall–Kier alpha value is -2.22. The Bertz CT molecular complexity index is 573. The predicted molar refractivity (Wildman–Crippen MR) is 105 cm³/mol. The Kier molecular flexibility index (Phi) is 10.9. The number of benzene rings is 1. The van der Waals surface area contributed by atoms with E-state index in [-0.39, 0.29) is 6.02 Å². The highest BCUT2D eigenvalue weighted by Gasteiger charge is 2.15. The first-order chi connectivity index (χ1) is 12.6. The third kappa shape index (κ3) is 8.75. The highest BCUT2D eigenvalue weighted by Crippen LogP contribution is 2.12. The third-order valence-electron chi connectivity index (χ3n) is 3.45. The van der Waals surface area contributed by atoms with Gasteiger partial charge in [0.15, 0.2) is 0 Å². The maximum absolute atomic E-state index is 12.4. The lowest BCUT2D eigenvalue weighted by atomic mass is 10.3. The molecule has 0 spiro atoms. The zero-order valence-electron chi connectivity index (χ0n) is 15.7. The summed E-state index contributed by atoms with van der Waals surface area (Å²) in [6, 6.07) is 8.36. The van der Waals surface area contributed by atoms with Gasteiger partial charge in [0.1, 0.15) is 0 Å². The number of hydrogen-bond donors (Lipinski definition) is 2. The Morgan fingerprint density at radius 1 is 1.12 bits per heavy atom. The lowest BCUT2D eigenvalue weighted by molar-refractivity contribution is 0.205. The zero-order chi connectivity index (χ0) is 19.2. The fourth-order valence-electron chi connectivity index (χ4n) is 2.00. The summed E-state index contributed by atoms with van der Waals surface area (Å²) in [5.41, 5.74) is 0. The summed E-state index contributed by atoms with van der Waals surface area (Å²) in [6.45, 7) is 5.43. The molecule has 144 valence electrons. The molecule has 0 unspecified atom stereocenters. The molecular formula is C18H28N4O3S. The van der Waals surface area contributed by atoms with E-state index in [1.807, 2.05) is 30.3 Å². The van der Waals surface area contributed by atoms with Crippen molar-refractivity contribution >= 4 is 30.0 Å². The molecule has 0 aliphatic heterocycles. The summed E-state index contributed by atoms with van der Waals surface area (Å²) < 4.78 is 7.64. The molecule has 8 heteroatoms. The van der Waals surface area contributed by atoms with Crippen LogP contribution in [0.4, 0.5) is 9.59 Å². The first-order valence-electron chi connectivity index (χ1n) is 8.81. The summed E-state index contributed by atoms with van der Waals surface area (Å²) in [4.78, 5) is 30.8. The van der Waals surface area contributed by atoms with Crippen LogP contribution in [0.5, 0.6) is 0 Å². The van der Waals surface area contributed by atoms with Crippen LogP contribution in [0, 0.1) is 0 Å². The van der Waals surface area contributed by atoms with Gasteiger partial charge in [-0.3, -0.25) is 10.0 Å². The average Bonchev–Trinajstić information content (AvgIpc) is 2.66. The third-order valence-corrected chi connectivity index (χ3v) is 4.24. The van der Waals surface area contributed by atoms with Crippen molar-refractivity contribution in [2.24, 2.45) is 4.99 Å². The van der Waals surface area contributed by atoms with Gasteiger partial charge in [-0.05, 0) is 36.9 Å². The number of urea groups is 2. The molecular weight excluding hydrogens is 352 g/mol. The van der Waals surface area contributed by atoms with E-state index in [9.17, 15) is 9.59 Å². The maximum atomic E-state index is 12.4. The molecule has 0 atom stereocenters. The van der Waals surface area contributed by atoms with Crippen molar-refractivity contribution in [3.8, 4) is 0 Å². The number of amides is 4. The molecule has 0 radical (unpaired) electrons.